The number of benzene rings is 1. The molecule has 26 heavy (non-hydrogen) atoms. The predicted molar refractivity (Wildman–Crippen MR) is 93.9 cm³/mol. The molecule has 1 aromatic heterocycles. The molecule has 0 saturated carbocycles. The topological polar surface area (TPSA) is 75.4 Å². The van der Waals surface area contributed by atoms with Gasteiger partial charge in [-0.2, -0.15) is 5.10 Å². The molecule has 0 unspecified atom stereocenters. The molecule has 1 aliphatic heterocycles. The van der Waals surface area contributed by atoms with Crippen LogP contribution in [-0.4, -0.2) is 44.8 Å². The molecule has 0 radical (unpaired) electrons. The molecule has 7 heteroatoms. The lowest BCUT2D eigenvalue weighted by molar-refractivity contribution is -0.143. The monoisotopic (exact) mass is 359 g/mol. The van der Waals surface area contributed by atoms with Gasteiger partial charge in [0, 0.05) is 13.1 Å². The third-order valence-corrected chi connectivity index (χ3v) is 4.71. The molecule has 0 bridgehead atoms. The van der Waals surface area contributed by atoms with Gasteiger partial charge in [-0.25, -0.2) is 9.07 Å². The minimum absolute atomic E-state index is 0.0153. The lowest BCUT2D eigenvalue weighted by Gasteiger charge is -2.31. The maximum atomic E-state index is 13.2. The zero-order valence-corrected chi connectivity index (χ0v) is 14.9. The van der Waals surface area contributed by atoms with Crippen molar-refractivity contribution in [3.05, 3.63) is 47.5 Å². The molecule has 1 aliphatic rings. The van der Waals surface area contributed by atoms with E-state index in [1.807, 2.05) is 13.8 Å². The fourth-order valence-corrected chi connectivity index (χ4v) is 3.40. The Kier molecular flexibility index (Phi) is 5.06. The number of amides is 1. The van der Waals surface area contributed by atoms with Gasteiger partial charge in [0.1, 0.15) is 5.82 Å². The molecule has 6 nitrogen and oxygen atoms in total. The van der Waals surface area contributed by atoms with Crippen LogP contribution in [0.25, 0.3) is 5.69 Å². The van der Waals surface area contributed by atoms with Crippen LogP contribution in [0.1, 0.15) is 48.7 Å². The summed E-state index contributed by atoms with van der Waals surface area (Å²) in [4.78, 5) is 25.9. The number of piperidine rings is 1. The van der Waals surface area contributed by atoms with Gasteiger partial charge in [0.05, 0.1) is 29.1 Å². The van der Waals surface area contributed by atoms with E-state index < -0.39 is 11.9 Å². The van der Waals surface area contributed by atoms with E-state index in [2.05, 4.69) is 5.10 Å². The summed E-state index contributed by atoms with van der Waals surface area (Å²) >= 11 is 0. The smallest absolute Gasteiger partial charge is 0.308 e. The molecule has 3 rings (SSSR count). The van der Waals surface area contributed by atoms with Crippen LogP contribution >= 0.6 is 0 Å². The van der Waals surface area contributed by atoms with Crippen LogP contribution in [-0.2, 0) is 4.79 Å². The van der Waals surface area contributed by atoms with Crippen LogP contribution in [0.2, 0.25) is 0 Å². The van der Waals surface area contributed by atoms with E-state index in [4.69, 9.17) is 0 Å². The summed E-state index contributed by atoms with van der Waals surface area (Å²) in [5.41, 5.74) is 1.88. The van der Waals surface area contributed by atoms with Crippen molar-refractivity contribution >= 4 is 11.9 Å². The third kappa shape index (κ3) is 3.47. The molecule has 1 amide bonds. The second-order valence-electron chi connectivity index (χ2n) is 6.91. The first-order valence-corrected chi connectivity index (χ1v) is 8.74. The molecular formula is C19H22FN3O3. The van der Waals surface area contributed by atoms with Gasteiger partial charge in [-0.1, -0.05) is 13.8 Å². The number of carbonyl (C=O) groups is 2. The number of carboxylic acids is 1. The van der Waals surface area contributed by atoms with E-state index in [-0.39, 0.29) is 24.2 Å². The number of hydrogen-bond donors (Lipinski definition) is 1. The number of aliphatic carboxylic acids is 1. The third-order valence-electron chi connectivity index (χ3n) is 4.71. The van der Waals surface area contributed by atoms with Gasteiger partial charge in [-0.3, -0.25) is 9.59 Å². The second kappa shape index (κ2) is 7.27. The Morgan fingerprint density at radius 1 is 1.27 bits per heavy atom. The Labute approximate surface area is 151 Å². The molecule has 0 spiro atoms. The zero-order valence-electron chi connectivity index (χ0n) is 14.9. The average molecular weight is 359 g/mol. The highest BCUT2D eigenvalue weighted by atomic mass is 19.1. The van der Waals surface area contributed by atoms with Crippen molar-refractivity contribution in [3.63, 3.8) is 0 Å². The van der Waals surface area contributed by atoms with Crippen LogP contribution in [0.3, 0.4) is 0 Å². The van der Waals surface area contributed by atoms with Gasteiger partial charge in [0.15, 0.2) is 0 Å². The number of carboxylic acid groups (broad SMARTS) is 1. The summed E-state index contributed by atoms with van der Waals surface area (Å²) in [5, 5.41) is 13.6. The van der Waals surface area contributed by atoms with E-state index in [0.29, 0.717) is 30.6 Å². The Morgan fingerprint density at radius 2 is 1.96 bits per heavy atom. The predicted octanol–water partition coefficient (Wildman–Crippen LogP) is 3.07. The summed E-state index contributed by atoms with van der Waals surface area (Å²) < 4.78 is 14.9. The molecule has 0 aliphatic carbocycles. The average Bonchev–Trinajstić information content (AvgIpc) is 3.07. The SMILES string of the molecule is CC(C)c1c(C(=O)N2CCC[C@@H](C(=O)O)C2)cnn1-c1ccc(F)cc1. The van der Waals surface area contributed by atoms with Gasteiger partial charge >= 0.3 is 5.97 Å². The number of carbonyl (C=O) groups excluding carboxylic acids is 1. The van der Waals surface area contributed by atoms with Crippen molar-refractivity contribution in [1.82, 2.24) is 14.7 Å². The number of hydrogen-bond acceptors (Lipinski definition) is 3. The lowest BCUT2D eigenvalue weighted by Crippen LogP contribution is -2.42. The van der Waals surface area contributed by atoms with Crippen molar-refractivity contribution in [2.24, 2.45) is 5.92 Å². The summed E-state index contributed by atoms with van der Waals surface area (Å²) in [6.07, 6.45) is 2.78. The molecule has 1 N–H and O–H groups in total. The van der Waals surface area contributed by atoms with Gasteiger partial charge in [0.25, 0.3) is 5.91 Å². The Morgan fingerprint density at radius 3 is 2.58 bits per heavy atom. The molecule has 2 heterocycles. The van der Waals surface area contributed by atoms with Crippen LogP contribution in [0, 0.1) is 11.7 Å². The fourth-order valence-electron chi connectivity index (χ4n) is 3.40. The molecule has 1 saturated heterocycles. The molecule has 138 valence electrons. The summed E-state index contributed by atoms with van der Waals surface area (Å²) in [6, 6.07) is 5.93. The normalized spacial score (nSPS) is 17.5. The highest BCUT2D eigenvalue weighted by Crippen LogP contribution is 2.26. The minimum Gasteiger partial charge on any atom is -0.481 e. The molecule has 1 aromatic carbocycles. The molecule has 2 aromatic rings. The minimum atomic E-state index is -0.867. The Hall–Kier alpha value is -2.70. The quantitative estimate of drug-likeness (QED) is 0.910. The van der Waals surface area contributed by atoms with Crippen LogP contribution in [0.5, 0.6) is 0 Å². The van der Waals surface area contributed by atoms with E-state index in [0.717, 1.165) is 5.69 Å². The van der Waals surface area contributed by atoms with Crippen LogP contribution < -0.4 is 0 Å². The second-order valence-corrected chi connectivity index (χ2v) is 6.91. The summed E-state index contributed by atoms with van der Waals surface area (Å²) in [6.45, 7) is 4.68. The first kappa shape index (κ1) is 18.1. The first-order chi connectivity index (χ1) is 12.4. The number of aromatic nitrogens is 2. The maximum Gasteiger partial charge on any atom is 0.308 e. The van der Waals surface area contributed by atoms with Crippen molar-refractivity contribution in [2.45, 2.75) is 32.6 Å². The van der Waals surface area contributed by atoms with E-state index >= 15 is 0 Å². The van der Waals surface area contributed by atoms with Crippen molar-refractivity contribution in [3.8, 4) is 5.69 Å². The van der Waals surface area contributed by atoms with Crippen LogP contribution in [0.15, 0.2) is 30.5 Å². The highest BCUT2D eigenvalue weighted by Gasteiger charge is 2.31. The van der Waals surface area contributed by atoms with E-state index in [9.17, 15) is 19.1 Å². The number of likely N-dealkylation sites (tertiary alicyclic amines) is 1. The highest BCUT2D eigenvalue weighted by molar-refractivity contribution is 5.95. The Bertz CT molecular complexity index is 814. The number of halogens is 1. The van der Waals surface area contributed by atoms with Crippen LogP contribution in [0.4, 0.5) is 4.39 Å². The van der Waals surface area contributed by atoms with E-state index in [1.165, 1.54) is 18.3 Å². The van der Waals surface area contributed by atoms with Gasteiger partial charge in [-0.05, 0) is 43.0 Å². The van der Waals surface area contributed by atoms with Gasteiger partial charge < -0.3 is 10.0 Å². The lowest BCUT2D eigenvalue weighted by atomic mass is 9.97. The number of nitrogens with zero attached hydrogens (tertiary/aromatic N) is 3. The standard InChI is InChI=1S/C19H22FN3O3/c1-12(2)17-16(10-21-23(17)15-7-5-14(20)6-8-15)18(24)22-9-3-4-13(11-22)19(25)26/h5-8,10,12-13H,3-4,9,11H2,1-2H3,(H,25,26)/t13-/m1/s1. The van der Waals surface area contributed by atoms with E-state index in [1.54, 1.807) is 21.7 Å². The van der Waals surface area contributed by atoms with Gasteiger partial charge in [-0.15, -0.1) is 0 Å². The van der Waals surface area contributed by atoms with Crippen molar-refractivity contribution in [1.29, 1.82) is 0 Å². The first-order valence-electron chi connectivity index (χ1n) is 8.74. The summed E-state index contributed by atoms with van der Waals surface area (Å²) in [7, 11) is 0. The maximum absolute atomic E-state index is 13.2. The molecular weight excluding hydrogens is 337 g/mol. The van der Waals surface area contributed by atoms with Crippen molar-refractivity contribution < 1.29 is 19.1 Å². The zero-order chi connectivity index (χ0) is 18.8. The fraction of sp³-hybridized carbons (Fsp3) is 0.421. The van der Waals surface area contributed by atoms with Gasteiger partial charge in [0.2, 0.25) is 0 Å². The summed E-state index contributed by atoms with van der Waals surface area (Å²) in [5.74, 6) is -1.91. The Balaban J connectivity index is 1.93. The largest absolute Gasteiger partial charge is 0.481 e. The molecule has 1 fully saturated rings. The number of rotatable bonds is 4. The van der Waals surface area contributed by atoms with Crippen molar-refractivity contribution in [2.75, 3.05) is 13.1 Å². The molecule has 1 atom stereocenters.